The first-order valence-corrected chi connectivity index (χ1v) is 2.70. The highest BCUT2D eigenvalue weighted by Gasteiger charge is 2.12. The van der Waals surface area contributed by atoms with E-state index < -0.39 is 0 Å². The van der Waals surface area contributed by atoms with Gasteiger partial charge in [-0.25, -0.2) is 5.32 Å². The molecule has 0 aliphatic carbocycles. The zero-order valence-corrected chi connectivity index (χ0v) is 5.21. The summed E-state index contributed by atoms with van der Waals surface area (Å²) in [6, 6.07) is 0. The molecule has 1 aliphatic heterocycles. The van der Waals surface area contributed by atoms with Gasteiger partial charge in [-0.15, -0.1) is 0 Å². The summed E-state index contributed by atoms with van der Waals surface area (Å²) in [5.41, 5.74) is 0. The van der Waals surface area contributed by atoms with Crippen molar-refractivity contribution in [2.24, 2.45) is 0 Å². The average molecular weight is 192 g/mol. The highest BCUT2D eigenvalue weighted by molar-refractivity contribution is 14.1. The Morgan fingerprint density at radius 3 is 2.67 bits per heavy atom. The second-order valence-corrected chi connectivity index (χ2v) is 2.07. The van der Waals surface area contributed by atoms with E-state index in [2.05, 4.69) is 27.9 Å². The molecule has 0 spiro atoms. The van der Waals surface area contributed by atoms with Crippen molar-refractivity contribution in [2.75, 3.05) is 0 Å². The first-order chi connectivity index (χ1) is 2.89. The second kappa shape index (κ2) is 2.12. The molecule has 0 unspecified atom stereocenters. The highest BCUT2D eigenvalue weighted by atomic mass is 127. The Balaban J connectivity index is 2.18. The Bertz CT molecular complexity index is 40.8. The van der Waals surface area contributed by atoms with Gasteiger partial charge in [0.1, 0.15) is 4.05 Å². The van der Waals surface area contributed by atoms with Crippen LogP contribution in [0, 0.1) is 23.4 Å². The quantitative estimate of drug-likeness (QED) is 0.403. The second-order valence-electron chi connectivity index (χ2n) is 0.960. The lowest BCUT2D eigenvalue weighted by Crippen LogP contribution is -1.89. The van der Waals surface area contributed by atoms with E-state index in [1.54, 1.807) is 6.54 Å². The molecule has 0 N–H and O–H groups in total. The fourth-order valence-corrected chi connectivity index (χ4v) is 0.648. The largest absolute Gasteiger partial charge is 0.216 e. The summed E-state index contributed by atoms with van der Waals surface area (Å²) in [6.07, 6.45) is 3.88. The minimum absolute atomic E-state index is 1.06. The third-order valence-corrected chi connectivity index (χ3v) is 1.16. The molecule has 0 aromatic carbocycles. The molecule has 5 radical (unpaired) electrons. The molecular formula is C4H3IN. The lowest BCUT2D eigenvalue weighted by atomic mass is 10.4. The SMILES string of the molecule is I[C]1[CH][CH][CH][N]1. The van der Waals surface area contributed by atoms with Gasteiger partial charge >= 0.3 is 0 Å². The van der Waals surface area contributed by atoms with Crippen LogP contribution in [0.1, 0.15) is 0 Å². The minimum Gasteiger partial charge on any atom is -0.216 e. The van der Waals surface area contributed by atoms with Crippen LogP contribution in [0.5, 0.6) is 0 Å². The molecule has 0 aromatic rings. The molecule has 0 saturated carbocycles. The van der Waals surface area contributed by atoms with Gasteiger partial charge in [0.05, 0.1) is 0 Å². The first kappa shape index (κ1) is 4.84. The van der Waals surface area contributed by atoms with Crippen LogP contribution >= 0.6 is 22.6 Å². The normalized spacial score (nSPS) is 25.5. The van der Waals surface area contributed by atoms with E-state index in [4.69, 9.17) is 0 Å². The van der Waals surface area contributed by atoms with Crippen LogP contribution in [0.4, 0.5) is 0 Å². The van der Waals surface area contributed by atoms with E-state index in [-0.39, 0.29) is 0 Å². The van der Waals surface area contributed by atoms with Gasteiger partial charge in [0.25, 0.3) is 0 Å². The summed E-state index contributed by atoms with van der Waals surface area (Å²) in [6.45, 7) is 1.78. The molecule has 1 heterocycles. The summed E-state index contributed by atoms with van der Waals surface area (Å²) in [5, 5.41) is 3.90. The van der Waals surface area contributed by atoms with E-state index in [0.717, 1.165) is 4.05 Å². The van der Waals surface area contributed by atoms with Crippen molar-refractivity contribution in [2.45, 2.75) is 0 Å². The van der Waals surface area contributed by atoms with Crippen LogP contribution in [0.25, 0.3) is 0 Å². The van der Waals surface area contributed by atoms with Crippen molar-refractivity contribution >= 4 is 22.6 Å². The maximum absolute atomic E-state index is 3.90. The van der Waals surface area contributed by atoms with Crippen LogP contribution in [-0.4, -0.2) is 0 Å². The third-order valence-electron chi connectivity index (χ3n) is 0.518. The van der Waals surface area contributed by atoms with E-state index in [1.807, 2.05) is 12.8 Å². The predicted octanol–water partition coefficient (Wildman–Crippen LogP) is 1.10. The Labute approximate surface area is 51.6 Å². The van der Waals surface area contributed by atoms with E-state index >= 15 is 0 Å². The van der Waals surface area contributed by atoms with Crippen molar-refractivity contribution in [3.05, 3.63) is 23.4 Å². The fraction of sp³-hybridized carbons (Fsp3) is 0. The molecule has 1 aliphatic rings. The van der Waals surface area contributed by atoms with Crippen LogP contribution < -0.4 is 5.32 Å². The van der Waals surface area contributed by atoms with Gasteiger partial charge in [0, 0.05) is 13.0 Å². The van der Waals surface area contributed by atoms with E-state index in [1.165, 1.54) is 0 Å². The zero-order chi connectivity index (χ0) is 4.41. The number of rotatable bonds is 0. The lowest BCUT2D eigenvalue weighted by Gasteiger charge is -1.86. The molecule has 31 valence electrons. The lowest BCUT2D eigenvalue weighted by molar-refractivity contribution is 1.05. The summed E-state index contributed by atoms with van der Waals surface area (Å²) in [5.74, 6) is 0. The maximum atomic E-state index is 3.90. The molecule has 0 aromatic heterocycles. The maximum Gasteiger partial charge on any atom is 0.119 e. The smallest absolute Gasteiger partial charge is 0.119 e. The molecule has 0 amide bonds. The molecule has 0 bridgehead atoms. The molecule has 1 rings (SSSR count). The minimum atomic E-state index is 1.06. The molecule has 1 saturated heterocycles. The van der Waals surface area contributed by atoms with Gasteiger partial charge in [0.15, 0.2) is 0 Å². The number of hydrogen-bond donors (Lipinski definition) is 0. The Morgan fingerprint density at radius 2 is 2.50 bits per heavy atom. The Hall–Kier alpha value is 0.690. The summed E-state index contributed by atoms with van der Waals surface area (Å²) < 4.78 is 1.06. The third kappa shape index (κ3) is 1.08. The summed E-state index contributed by atoms with van der Waals surface area (Å²) >= 11 is 2.16. The summed E-state index contributed by atoms with van der Waals surface area (Å²) in [4.78, 5) is 0. The number of halogens is 1. The monoisotopic (exact) mass is 192 g/mol. The molecule has 0 atom stereocenters. The van der Waals surface area contributed by atoms with E-state index in [0.29, 0.717) is 0 Å². The fourth-order valence-electron chi connectivity index (χ4n) is 0.280. The molecule has 1 fully saturated rings. The summed E-state index contributed by atoms with van der Waals surface area (Å²) in [7, 11) is 0. The van der Waals surface area contributed by atoms with Gasteiger partial charge in [-0.05, 0) is 6.42 Å². The van der Waals surface area contributed by atoms with E-state index in [9.17, 15) is 0 Å². The van der Waals surface area contributed by atoms with Crippen molar-refractivity contribution < 1.29 is 0 Å². The highest BCUT2D eigenvalue weighted by Crippen LogP contribution is 2.20. The van der Waals surface area contributed by atoms with Gasteiger partial charge in [-0.1, -0.05) is 22.6 Å². The molecular weight excluding hydrogens is 189 g/mol. The topological polar surface area (TPSA) is 14.1 Å². The first-order valence-electron chi connectivity index (χ1n) is 1.63. The molecule has 6 heavy (non-hydrogen) atoms. The predicted molar refractivity (Wildman–Crippen MR) is 32.3 cm³/mol. The Kier molecular flexibility index (Phi) is 1.71. The van der Waals surface area contributed by atoms with Crippen molar-refractivity contribution in [3.8, 4) is 0 Å². The van der Waals surface area contributed by atoms with Crippen molar-refractivity contribution in [1.82, 2.24) is 5.32 Å². The van der Waals surface area contributed by atoms with Crippen LogP contribution in [0.15, 0.2) is 0 Å². The van der Waals surface area contributed by atoms with Crippen molar-refractivity contribution in [3.63, 3.8) is 0 Å². The number of hydrogen-bond acceptors (Lipinski definition) is 0. The zero-order valence-electron chi connectivity index (χ0n) is 3.06. The molecule has 2 heteroatoms. The van der Waals surface area contributed by atoms with Gasteiger partial charge in [0.2, 0.25) is 0 Å². The Morgan fingerprint density at radius 1 is 1.67 bits per heavy atom. The van der Waals surface area contributed by atoms with Crippen molar-refractivity contribution in [1.29, 1.82) is 0 Å². The molecule has 1 nitrogen and oxygen atoms in total. The van der Waals surface area contributed by atoms with Gasteiger partial charge in [-0.3, -0.25) is 0 Å². The average Bonchev–Trinajstić information content (AvgIpc) is 1.86. The standard InChI is InChI=1S/C4H3IN/c5-4-2-1-3-6-4/h1-3H. The van der Waals surface area contributed by atoms with Crippen LogP contribution in [-0.2, 0) is 0 Å². The van der Waals surface area contributed by atoms with Crippen LogP contribution in [0.3, 0.4) is 0 Å². The van der Waals surface area contributed by atoms with Crippen LogP contribution in [0.2, 0.25) is 0 Å². The number of nitrogens with zero attached hydrogens (tertiary/aromatic N) is 1. The van der Waals surface area contributed by atoms with Gasteiger partial charge in [-0.2, -0.15) is 0 Å². The van der Waals surface area contributed by atoms with Gasteiger partial charge < -0.3 is 0 Å².